The standard InChI is InChI=1S/C28H34N4O7/c1-29-25(34)28(26(35)30(2)27(29)36,12-18-9-10-21(37-3)24(39-5)23(18)38-4)16-31-13-17-11-19(15-31)20-7-6-8-22(33)32(20)14-17/h6-10,17,19H,11-16H2,1-5H3. The van der Waals surface area contributed by atoms with Crippen molar-refractivity contribution in [1.29, 1.82) is 0 Å². The SMILES string of the molecule is COc1ccc(CC2(CN3CC4CC(C3)c3cccc(=O)n3C4)C(=O)N(C)C(=O)N(C)C2=O)c(OC)c1OC. The molecule has 4 amide bonds. The third-order valence-corrected chi connectivity index (χ3v) is 8.33. The Bertz CT molecular complexity index is 1360. The fourth-order valence-corrected chi connectivity index (χ4v) is 6.61. The maximum atomic E-state index is 13.9. The number of aromatic nitrogens is 1. The number of rotatable bonds is 7. The van der Waals surface area contributed by atoms with E-state index >= 15 is 0 Å². The Balaban J connectivity index is 1.56. The lowest BCUT2D eigenvalue weighted by Gasteiger charge is -2.48. The molecule has 2 unspecified atom stereocenters. The molecule has 2 saturated heterocycles. The molecule has 2 aromatic rings. The number of urea groups is 1. The number of carbonyl (C=O) groups excluding carboxylic acids is 3. The van der Waals surface area contributed by atoms with Gasteiger partial charge in [-0.3, -0.25) is 24.2 Å². The number of piperidine rings is 1. The van der Waals surface area contributed by atoms with E-state index < -0.39 is 23.3 Å². The summed E-state index contributed by atoms with van der Waals surface area (Å²) in [5.74, 6) is 0.369. The first-order valence-electron chi connectivity index (χ1n) is 12.9. The normalized spacial score (nSPS) is 22.5. The van der Waals surface area contributed by atoms with Crippen molar-refractivity contribution < 1.29 is 28.6 Å². The zero-order chi connectivity index (χ0) is 28.1. The van der Waals surface area contributed by atoms with E-state index in [0.717, 1.165) is 21.9 Å². The molecule has 0 aliphatic carbocycles. The van der Waals surface area contributed by atoms with E-state index in [0.29, 0.717) is 42.4 Å². The molecule has 0 N–H and O–H groups in total. The van der Waals surface area contributed by atoms with E-state index in [2.05, 4.69) is 4.90 Å². The quantitative estimate of drug-likeness (QED) is 0.489. The minimum absolute atomic E-state index is 0.00195. The highest BCUT2D eigenvalue weighted by Crippen LogP contribution is 2.44. The molecule has 208 valence electrons. The number of hydrogen-bond acceptors (Lipinski definition) is 8. The van der Waals surface area contributed by atoms with Gasteiger partial charge in [0.2, 0.25) is 17.6 Å². The molecule has 3 aliphatic heterocycles. The minimum atomic E-state index is -1.58. The van der Waals surface area contributed by atoms with Gasteiger partial charge in [0.15, 0.2) is 11.5 Å². The summed E-state index contributed by atoms with van der Waals surface area (Å²) in [7, 11) is 7.31. The summed E-state index contributed by atoms with van der Waals surface area (Å²) in [4.78, 5) is 57.3. The van der Waals surface area contributed by atoms with Crippen LogP contribution in [0.5, 0.6) is 17.2 Å². The van der Waals surface area contributed by atoms with Gasteiger partial charge in [-0.2, -0.15) is 0 Å². The van der Waals surface area contributed by atoms with Gasteiger partial charge >= 0.3 is 6.03 Å². The summed E-state index contributed by atoms with van der Waals surface area (Å²) in [6.45, 7) is 1.93. The van der Waals surface area contributed by atoms with Gasteiger partial charge in [-0.15, -0.1) is 0 Å². The van der Waals surface area contributed by atoms with Crippen LogP contribution in [0.4, 0.5) is 4.79 Å². The summed E-state index contributed by atoms with van der Waals surface area (Å²) in [5.41, 5.74) is -0.0225. The molecular formula is C28H34N4O7. The fourth-order valence-electron chi connectivity index (χ4n) is 6.61. The molecule has 39 heavy (non-hydrogen) atoms. The molecule has 11 nitrogen and oxygen atoms in total. The predicted molar refractivity (Wildman–Crippen MR) is 141 cm³/mol. The number of ether oxygens (including phenoxy) is 3. The third kappa shape index (κ3) is 4.25. The van der Waals surface area contributed by atoms with Crippen molar-refractivity contribution in [2.45, 2.75) is 25.3 Å². The van der Waals surface area contributed by atoms with Gasteiger partial charge < -0.3 is 23.7 Å². The Hall–Kier alpha value is -3.86. The van der Waals surface area contributed by atoms with Gasteiger partial charge in [0.1, 0.15) is 5.41 Å². The number of fused-ring (bicyclic) bond motifs is 4. The number of hydrogen-bond donors (Lipinski definition) is 0. The lowest BCUT2D eigenvalue weighted by atomic mass is 9.75. The third-order valence-electron chi connectivity index (χ3n) is 8.33. The Labute approximate surface area is 226 Å². The first-order valence-corrected chi connectivity index (χ1v) is 12.9. The number of methoxy groups -OCH3 is 3. The van der Waals surface area contributed by atoms with Crippen molar-refractivity contribution in [3.8, 4) is 17.2 Å². The molecule has 4 heterocycles. The Morgan fingerprint density at radius 3 is 2.18 bits per heavy atom. The number of benzene rings is 1. The summed E-state index contributed by atoms with van der Waals surface area (Å²) in [5, 5.41) is 0. The first kappa shape index (κ1) is 26.7. The molecule has 0 spiro atoms. The van der Waals surface area contributed by atoms with Gasteiger partial charge in [-0.1, -0.05) is 12.1 Å². The zero-order valence-corrected chi connectivity index (χ0v) is 22.9. The number of likely N-dealkylation sites (tertiary alicyclic amines) is 1. The summed E-state index contributed by atoms with van der Waals surface area (Å²) < 4.78 is 18.5. The molecule has 5 rings (SSSR count). The van der Waals surface area contributed by atoms with Gasteiger partial charge in [-0.25, -0.2) is 4.79 Å². The van der Waals surface area contributed by atoms with Gasteiger partial charge in [0.25, 0.3) is 5.56 Å². The van der Waals surface area contributed by atoms with Crippen LogP contribution in [-0.2, 0) is 22.6 Å². The van der Waals surface area contributed by atoms with Crippen molar-refractivity contribution in [2.75, 3.05) is 55.1 Å². The Morgan fingerprint density at radius 1 is 0.846 bits per heavy atom. The van der Waals surface area contributed by atoms with Crippen LogP contribution in [0.3, 0.4) is 0 Å². The van der Waals surface area contributed by atoms with Crippen LogP contribution in [0.1, 0.15) is 23.6 Å². The van der Waals surface area contributed by atoms with Crippen molar-refractivity contribution in [3.63, 3.8) is 0 Å². The number of carbonyl (C=O) groups is 3. The molecule has 1 aromatic heterocycles. The molecule has 0 radical (unpaired) electrons. The molecule has 1 aromatic carbocycles. The predicted octanol–water partition coefficient (Wildman–Crippen LogP) is 1.57. The summed E-state index contributed by atoms with van der Waals surface area (Å²) >= 11 is 0. The van der Waals surface area contributed by atoms with Crippen LogP contribution < -0.4 is 19.8 Å². The maximum Gasteiger partial charge on any atom is 0.332 e. The molecule has 2 atom stereocenters. The largest absolute Gasteiger partial charge is 0.493 e. The number of nitrogens with zero attached hydrogens (tertiary/aromatic N) is 4. The number of amides is 4. The molecule has 11 heteroatoms. The number of pyridine rings is 1. The monoisotopic (exact) mass is 538 g/mol. The highest BCUT2D eigenvalue weighted by Gasteiger charge is 2.57. The van der Waals surface area contributed by atoms with Crippen molar-refractivity contribution in [1.82, 2.24) is 19.3 Å². The smallest absolute Gasteiger partial charge is 0.332 e. The lowest BCUT2D eigenvalue weighted by molar-refractivity contribution is -0.159. The van der Waals surface area contributed by atoms with Crippen LogP contribution in [0, 0.1) is 11.3 Å². The van der Waals surface area contributed by atoms with E-state index in [-0.39, 0.29) is 30.4 Å². The minimum Gasteiger partial charge on any atom is -0.493 e. The van der Waals surface area contributed by atoms with Gasteiger partial charge in [-0.05, 0) is 30.0 Å². The van der Waals surface area contributed by atoms with Crippen LogP contribution in [0.25, 0.3) is 0 Å². The number of imide groups is 2. The molecule has 3 aliphatic rings. The van der Waals surface area contributed by atoms with E-state index in [1.54, 1.807) is 24.3 Å². The summed E-state index contributed by atoms with van der Waals surface area (Å²) in [6, 6.07) is 8.14. The van der Waals surface area contributed by atoms with Crippen LogP contribution >= 0.6 is 0 Å². The average molecular weight is 539 g/mol. The molecule has 0 saturated carbocycles. The maximum absolute atomic E-state index is 13.9. The topological polar surface area (TPSA) is 111 Å². The summed E-state index contributed by atoms with van der Waals surface area (Å²) in [6.07, 6.45) is 0.939. The van der Waals surface area contributed by atoms with Crippen molar-refractivity contribution in [3.05, 3.63) is 51.9 Å². The van der Waals surface area contributed by atoms with Gasteiger partial charge in [0.05, 0.1) is 21.3 Å². The van der Waals surface area contributed by atoms with Crippen LogP contribution in [0.2, 0.25) is 0 Å². The van der Waals surface area contributed by atoms with E-state index in [4.69, 9.17) is 14.2 Å². The molecular weight excluding hydrogens is 504 g/mol. The van der Waals surface area contributed by atoms with E-state index in [1.807, 2.05) is 10.6 Å². The highest BCUT2D eigenvalue weighted by molar-refractivity contribution is 6.19. The fraction of sp³-hybridized carbons (Fsp3) is 0.500. The van der Waals surface area contributed by atoms with Crippen molar-refractivity contribution >= 4 is 17.8 Å². The van der Waals surface area contributed by atoms with E-state index in [9.17, 15) is 19.2 Å². The van der Waals surface area contributed by atoms with Crippen LogP contribution in [-0.4, -0.2) is 92.2 Å². The van der Waals surface area contributed by atoms with E-state index in [1.165, 1.54) is 35.4 Å². The second-order valence-corrected chi connectivity index (χ2v) is 10.7. The Morgan fingerprint density at radius 2 is 1.54 bits per heavy atom. The second-order valence-electron chi connectivity index (χ2n) is 10.7. The molecule has 2 fully saturated rings. The Kier molecular flexibility index (Phi) is 6.88. The van der Waals surface area contributed by atoms with Crippen molar-refractivity contribution in [2.24, 2.45) is 11.3 Å². The average Bonchev–Trinajstić information content (AvgIpc) is 2.94. The molecule has 2 bridgehead atoms. The van der Waals surface area contributed by atoms with Gasteiger partial charge in [0, 0.05) is 64.4 Å². The number of barbiturate groups is 1. The first-order chi connectivity index (χ1) is 18.6. The zero-order valence-electron chi connectivity index (χ0n) is 22.9. The highest BCUT2D eigenvalue weighted by atomic mass is 16.5. The van der Waals surface area contributed by atoms with Crippen LogP contribution in [0.15, 0.2) is 35.1 Å². The lowest BCUT2D eigenvalue weighted by Crippen LogP contribution is -2.67. The second kappa shape index (κ2) is 10.0.